The normalized spacial score (nSPS) is 19.3. The number of carbonyl (C=O) groups excluding carboxylic acids is 1. The molecule has 82 heavy (non-hydrogen) atoms. The second-order valence-corrected chi connectivity index (χ2v) is 25.0. The van der Waals surface area contributed by atoms with Crippen molar-refractivity contribution in [3.05, 3.63) is 36.5 Å². The van der Waals surface area contributed by atoms with Gasteiger partial charge >= 0.3 is 0 Å². The highest BCUT2D eigenvalue weighted by atomic mass is 16.7. The van der Waals surface area contributed by atoms with Gasteiger partial charge in [0.25, 0.3) is 0 Å². The highest BCUT2D eigenvalue weighted by molar-refractivity contribution is 5.80. The average Bonchev–Trinajstić information content (AvgIpc) is 3.48. The Morgan fingerprint density at radius 3 is 1.12 bits per heavy atom. The lowest BCUT2D eigenvalue weighted by Gasteiger charge is -2.40. The van der Waals surface area contributed by atoms with Crippen molar-refractivity contribution in [1.82, 2.24) is 5.32 Å². The minimum Gasteiger partial charge on any atom is -0.394 e. The lowest BCUT2D eigenvalue weighted by Crippen LogP contribution is -2.60. The Morgan fingerprint density at radius 1 is 0.427 bits per heavy atom. The first-order chi connectivity index (χ1) is 40.2. The van der Waals surface area contributed by atoms with Gasteiger partial charge in [0.1, 0.15) is 36.6 Å². The number of allylic oxidation sites excluding steroid dienone is 6. The summed E-state index contributed by atoms with van der Waals surface area (Å²) in [7, 11) is 0. The Balaban J connectivity index is 2.22. The van der Waals surface area contributed by atoms with Gasteiger partial charge in [-0.2, -0.15) is 0 Å². The fourth-order valence-electron chi connectivity index (χ4n) is 11.5. The number of hydrogen-bond donors (Lipinski definition) is 8. The van der Waals surface area contributed by atoms with Gasteiger partial charge in [0.05, 0.1) is 25.4 Å². The predicted molar refractivity (Wildman–Crippen MR) is 344 cm³/mol. The summed E-state index contributed by atoms with van der Waals surface area (Å²) >= 11 is 0. The van der Waals surface area contributed by atoms with Crippen molar-refractivity contribution in [2.45, 2.75) is 396 Å². The maximum atomic E-state index is 13.2. The molecule has 0 spiro atoms. The number of rotatable bonds is 62. The van der Waals surface area contributed by atoms with Gasteiger partial charge < -0.3 is 50.5 Å². The Hall–Kier alpha value is -1.67. The second kappa shape index (κ2) is 59.7. The first-order valence-corrected chi connectivity index (χ1v) is 35.4. The molecule has 1 aliphatic rings. The van der Waals surface area contributed by atoms with Gasteiger partial charge in [-0.3, -0.25) is 4.79 Å². The van der Waals surface area contributed by atoms with E-state index in [1.807, 2.05) is 0 Å². The van der Waals surface area contributed by atoms with E-state index >= 15 is 0 Å². The zero-order chi connectivity index (χ0) is 59.6. The molecule has 1 heterocycles. The third-order valence-electron chi connectivity index (χ3n) is 17.2. The van der Waals surface area contributed by atoms with E-state index in [9.17, 15) is 40.5 Å². The third-order valence-corrected chi connectivity index (χ3v) is 17.2. The van der Waals surface area contributed by atoms with Gasteiger partial charge in [-0.25, -0.2) is 0 Å². The van der Waals surface area contributed by atoms with Crippen molar-refractivity contribution in [2.75, 3.05) is 13.2 Å². The van der Waals surface area contributed by atoms with E-state index in [1.165, 1.54) is 250 Å². The van der Waals surface area contributed by atoms with Crippen LogP contribution in [0.5, 0.6) is 0 Å². The highest BCUT2D eigenvalue weighted by Crippen LogP contribution is 2.24. The van der Waals surface area contributed by atoms with Crippen molar-refractivity contribution < 1.29 is 50.0 Å². The van der Waals surface area contributed by atoms with E-state index in [4.69, 9.17) is 9.47 Å². The number of hydrogen-bond acceptors (Lipinski definition) is 10. The van der Waals surface area contributed by atoms with Gasteiger partial charge in [-0.15, -0.1) is 0 Å². The van der Waals surface area contributed by atoms with Gasteiger partial charge in [-0.1, -0.05) is 307 Å². The summed E-state index contributed by atoms with van der Waals surface area (Å²) in [5.41, 5.74) is 0. The summed E-state index contributed by atoms with van der Waals surface area (Å²) in [4.78, 5) is 13.2. The summed E-state index contributed by atoms with van der Waals surface area (Å²) in [6, 6.07) is -1.19. The van der Waals surface area contributed by atoms with E-state index in [-0.39, 0.29) is 12.8 Å². The highest BCUT2D eigenvalue weighted by Gasteiger charge is 2.44. The monoisotopic (exact) mass is 1160 g/mol. The molecule has 9 unspecified atom stereocenters. The van der Waals surface area contributed by atoms with Crippen LogP contribution in [0.25, 0.3) is 0 Å². The zero-order valence-corrected chi connectivity index (χ0v) is 53.5. The Morgan fingerprint density at radius 2 is 0.756 bits per heavy atom. The molecule has 484 valence electrons. The quantitative estimate of drug-likeness (QED) is 0.0215. The second-order valence-electron chi connectivity index (χ2n) is 25.0. The molecule has 1 saturated heterocycles. The molecule has 11 heteroatoms. The molecule has 0 aromatic carbocycles. The molecule has 0 bridgehead atoms. The fourth-order valence-corrected chi connectivity index (χ4v) is 11.5. The van der Waals surface area contributed by atoms with Crippen LogP contribution in [0, 0.1) is 0 Å². The number of aliphatic hydroxyl groups is 7. The van der Waals surface area contributed by atoms with Crippen LogP contribution in [0.1, 0.15) is 341 Å². The van der Waals surface area contributed by atoms with E-state index < -0.39 is 74.2 Å². The van der Waals surface area contributed by atoms with Crippen molar-refractivity contribution in [3.63, 3.8) is 0 Å². The summed E-state index contributed by atoms with van der Waals surface area (Å²) in [5.74, 6) is -0.707. The minimum absolute atomic E-state index is 0.248. The fraction of sp³-hybridized carbons (Fsp3) is 0.901. The van der Waals surface area contributed by atoms with E-state index in [1.54, 1.807) is 0 Å². The number of unbranched alkanes of at least 4 members (excludes halogenated alkanes) is 44. The van der Waals surface area contributed by atoms with Crippen LogP contribution in [0.4, 0.5) is 0 Å². The van der Waals surface area contributed by atoms with Crippen molar-refractivity contribution in [1.29, 1.82) is 0 Å². The molecular formula is C71H135NO10. The summed E-state index contributed by atoms with van der Waals surface area (Å²) in [5, 5.41) is 76.5. The van der Waals surface area contributed by atoms with Crippen molar-refractivity contribution >= 4 is 5.91 Å². The molecule has 0 aromatic heterocycles. The number of ether oxygens (including phenoxy) is 2. The molecular weight excluding hydrogens is 1030 g/mol. The number of aliphatic hydroxyl groups excluding tert-OH is 7. The minimum atomic E-state index is -1.67. The molecule has 1 fully saturated rings. The molecule has 0 aliphatic carbocycles. The summed E-state index contributed by atoms with van der Waals surface area (Å²) < 4.78 is 11.2. The smallest absolute Gasteiger partial charge is 0.249 e. The molecule has 0 aromatic rings. The third kappa shape index (κ3) is 46.5. The van der Waals surface area contributed by atoms with Gasteiger partial charge in [0.2, 0.25) is 5.91 Å². The Labute approximate surface area is 505 Å². The predicted octanol–water partition coefficient (Wildman–Crippen LogP) is 17.0. The molecule has 0 saturated carbocycles. The number of nitrogens with one attached hydrogen (secondary N) is 1. The van der Waals surface area contributed by atoms with E-state index in [0.717, 1.165) is 51.4 Å². The molecule has 8 N–H and O–H groups in total. The largest absolute Gasteiger partial charge is 0.394 e. The Bertz CT molecular complexity index is 1430. The van der Waals surface area contributed by atoms with E-state index in [2.05, 4.69) is 55.6 Å². The topological polar surface area (TPSA) is 189 Å². The van der Waals surface area contributed by atoms with Crippen LogP contribution in [0.3, 0.4) is 0 Å². The van der Waals surface area contributed by atoms with Gasteiger partial charge in [-0.05, 0) is 70.6 Å². The molecule has 1 aliphatic heterocycles. The SMILES string of the molecule is CCCCCCCCCCC/C=C\C/C=C\CCCCCCCCCCC(O)C(=O)NC(COC1OC(CO)C(O)C(O)C1O)C(O)C(O)CCC/C=C/CCCCCCCCCCCCCCCCCCCCCCCCCCCC. The first kappa shape index (κ1) is 78.3. The van der Waals surface area contributed by atoms with Gasteiger partial charge in [0.15, 0.2) is 6.29 Å². The van der Waals surface area contributed by atoms with Crippen LogP contribution in [-0.4, -0.2) is 110 Å². The average molecular weight is 1160 g/mol. The lowest BCUT2D eigenvalue weighted by molar-refractivity contribution is -0.303. The maximum absolute atomic E-state index is 13.2. The van der Waals surface area contributed by atoms with Crippen LogP contribution in [-0.2, 0) is 14.3 Å². The first-order valence-electron chi connectivity index (χ1n) is 35.4. The van der Waals surface area contributed by atoms with Crippen molar-refractivity contribution in [3.8, 4) is 0 Å². The van der Waals surface area contributed by atoms with Crippen LogP contribution in [0.2, 0.25) is 0 Å². The Kier molecular flexibility index (Phi) is 57.0. The summed E-state index contributed by atoms with van der Waals surface area (Å²) in [6.45, 7) is 3.49. The molecule has 1 amide bonds. The summed E-state index contributed by atoms with van der Waals surface area (Å²) in [6.07, 6.45) is 65.2. The molecule has 9 atom stereocenters. The van der Waals surface area contributed by atoms with Crippen molar-refractivity contribution in [2.24, 2.45) is 0 Å². The van der Waals surface area contributed by atoms with Crippen LogP contribution >= 0.6 is 0 Å². The number of amides is 1. The maximum Gasteiger partial charge on any atom is 0.249 e. The van der Waals surface area contributed by atoms with Gasteiger partial charge in [0, 0.05) is 0 Å². The molecule has 1 rings (SSSR count). The molecule has 11 nitrogen and oxygen atoms in total. The number of carbonyl (C=O) groups is 1. The van der Waals surface area contributed by atoms with Crippen LogP contribution in [0.15, 0.2) is 36.5 Å². The zero-order valence-electron chi connectivity index (χ0n) is 53.5. The standard InChI is InChI=1S/C71H135NO10/c1-3-5-7-9-11-13-15-17-19-21-23-25-27-29-30-31-32-33-34-35-37-38-40-42-44-46-48-50-52-54-56-58-63(74)66(76)62(61-81-71-69(79)68(78)67(77)65(60-73)82-71)72-70(80)64(75)59-57-55-53-51-49-47-45-43-41-39-36-28-26-24-22-20-18-16-14-12-10-8-6-4-2/h24,26,36,39,50,52,62-69,71,73-79H,3-23,25,27-35,37-38,40-49,51,53-61H2,1-2H3,(H,72,80)/b26-24-,39-36-,52-50+. The van der Waals surface area contributed by atoms with Crippen LogP contribution < -0.4 is 5.32 Å². The molecule has 0 radical (unpaired) electrons. The lowest BCUT2D eigenvalue weighted by atomic mass is 9.98. The van der Waals surface area contributed by atoms with E-state index in [0.29, 0.717) is 12.8 Å².